The van der Waals surface area contributed by atoms with E-state index in [1.807, 2.05) is 0 Å². The van der Waals surface area contributed by atoms with Crippen molar-refractivity contribution in [1.82, 2.24) is 0 Å². The van der Waals surface area contributed by atoms with Gasteiger partial charge in [-0.1, -0.05) is 0 Å². The summed E-state index contributed by atoms with van der Waals surface area (Å²) < 4.78 is 9.73. The van der Waals surface area contributed by atoms with Crippen LogP contribution in [-0.4, -0.2) is 31.1 Å². The molecule has 0 aliphatic heterocycles. The maximum atomic E-state index is 10.1. The maximum absolute atomic E-state index is 10.1. The number of methoxy groups -OCH3 is 2. The van der Waals surface area contributed by atoms with Crippen molar-refractivity contribution in [1.29, 1.82) is 0 Å². The summed E-state index contributed by atoms with van der Waals surface area (Å²) in [7, 11) is 2.88. The molecule has 11 heavy (non-hydrogen) atoms. The van der Waals surface area contributed by atoms with E-state index in [1.54, 1.807) is 6.92 Å². The fourth-order valence-electron chi connectivity index (χ4n) is 0.442. The highest BCUT2D eigenvalue weighted by Crippen LogP contribution is 2.10. The molecule has 64 valence electrons. The van der Waals surface area contributed by atoms with Crippen LogP contribution in [0.25, 0.3) is 0 Å². The van der Waals surface area contributed by atoms with Gasteiger partial charge in [0.25, 0.3) is 0 Å². The van der Waals surface area contributed by atoms with Gasteiger partial charge in [0.2, 0.25) is 0 Å². The molecule has 0 aliphatic rings. The minimum absolute atomic E-state index is 0.946. The monoisotopic (exact) mass is 160 g/mol. The van der Waals surface area contributed by atoms with E-state index in [-0.39, 0.29) is 0 Å². The number of rotatable bonds is 4. The van der Waals surface area contributed by atoms with E-state index < -0.39 is 11.8 Å². The number of hydrogen-bond acceptors (Lipinski definition) is 3. The van der Waals surface area contributed by atoms with Crippen molar-refractivity contribution >= 4 is 5.97 Å². The molecule has 0 heterocycles. The van der Waals surface area contributed by atoms with E-state index in [0.717, 1.165) is 6.08 Å². The second-order valence-corrected chi connectivity index (χ2v) is 2.10. The van der Waals surface area contributed by atoms with Crippen LogP contribution in [0, 0.1) is 0 Å². The topological polar surface area (TPSA) is 55.8 Å². The van der Waals surface area contributed by atoms with Crippen molar-refractivity contribution in [3.63, 3.8) is 0 Å². The minimum Gasteiger partial charge on any atom is -0.478 e. The molecule has 0 unspecified atom stereocenters. The molecular weight excluding hydrogens is 148 g/mol. The fraction of sp³-hybridized carbons (Fsp3) is 0.571. The van der Waals surface area contributed by atoms with Gasteiger partial charge in [0.15, 0.2) is 5.79 Å². The first-order valence-electron chi connectivity index (χ1n) is 3.06. The van der Waals surface area contributed by atoms with E-state index in [4.69, 9.17) is 14.6 Å². The SMILES string of the molecule is COC(C)(/C=C/C(=O)O)OC. The molecule has 0 aliphatic carbocycles. The van der Waals surface area contributed by atoms with Crippen molar-refractivity contribution < 1.29 is 19.4 Å². The Hall–Kier alpha value is -0.870. The van der Waals surface area contributed by atoms with Gasteiger partial charge in [-0.2, -0.15) is 0 Å². The Morgan fingerprint density at radius 2 is 1.91 bits per heavy atom. The highest BCUT2D eigenvalue weighted by molar-refractivity contribution is 5.79. The van der Waals surface area contributed by atoms with Crippen LogP contribution >= 0.6 is 0 Å². The number of carboxylic acids is 1. The lowest BCUT2D eigenvalue weighted by atomic mass is 10.3. The Morgan fingerprint density at radius 1 is 1.45 bits per heavy atom. The zero-order valence-electron chi connectivity index (χ0n) is 6.83. The normalized spacial score (nSPS) is 12.3. The van der Waals surface area contributed by atoms with Crippen LogP contribution < -0.4 is 0 Å². The molecule has 1 N–H and O–H groups in total. The second kappa shape index (κ2) is 4.10. The molecule has 0 atom stereocenters. The highest BCUT2D eigenvalue weighted by Gasteiger charge is 2.17. The third-order valence-corrected chi connectivity index (χ3v) is 1.34. The number of carboxylic acid groups (broad SMARTS) is 1. The summed E-state index contributed by atoms with van der Waals surface area (Å²) in [5.41, 5.74) is 0. The van der Waals surface area contributed by atoms with Crippen molar-refractivity contribution in [3.05, 3.63) is 12.2 Å². The van der Waals surface area contributed by atoms with E-state index in [9.17, 15) is 4.79 Å². The van der Waals surface area contributed by atoms with E-state index in [0.29, 0.717) is 0 Å². The third-order valence-electron chi connectivity index (χ3n) is 1.34. The summed E-state index contributed by atoms with van der Waals surface area (Å²) in [5.74, 6) is -1.97. The van der Waals surface area contributed by atoms with Crippen molar-refractivity contribution in [2.24, 2.45) is 0 Å². The van der Waals surface area contributed by atoms with Gasteiger partial charge in [-0.3, -0.25) is 0 Å². The Bertz CT molecular complexity index is 158. The lowest BCUT2D eigenvalue weighted by Gasteiger charge is -2.21. The third kappa shape index (κ3) is 3.75. The fourth-order valence-corrected chi connectivity index (χ4v) is 0.442. The summed E-state index contributed by atoms with van der Waals surface area (Å²) in [5, 5.41) is 8.27. The molecule has 0 amide bonds. The number of aliphatic carboxylic acids is 1. The number of hydrogen-bond donors (Lipinski definition) is 1. The maximum Gasteiger partial charge on any atom is 0.328 e. The van der Waals surface area contributed by atoms with Gasteiger partial charge in [0.1, 0.15) is 0 Å². The molecule has 0 rings (SSSR count). The molecule has 0 bridgehead atoms. The van der Waals surface area contributed by atoms with Crippen LogP contribution in [0.2, 0.25) is 0 Å². The van der Waals surface area contributed by atoms with Crippen LogP contribution in [-0.2, 0) is 14.3 Å². The standard InChI is InChI=1S/C7H12O4/c1-7(10-2,11-3)5-4-6(8)9/h4-5H,1-3H3,(H,8,9)/b5-4+. The molecule has 0 saturated carbocycles. The lowest BCUT2D eigenvalue weighted by Crippen LogP contribution is -2.26. The average Bonchev–Trinajstić information content (AvgIpc) is 2.00. The van der Waals surface area contributed by atoms with Gasteiger partial charge in [-0.25, -0.2) is 4.79 Å². The molecular formula is C7H12O4. The molecule has 0 radical (unpaired) electrons. The van der Waals surface area contributed by atoms with Crippen LogP contribution in [0.1, 0.15) is 6.92 Å². The Morgan fingerprint density at radius 3 is 2.18 bits per heavy atom. The van der Waals surface area contributed by atoms with E-state index >= 15 is 0 Å². The molecule has 0 aromatic carbocycles. The summed E-state index contributed by atoms with van der Waals surface area (Å²) in [4.78, 5) is 10.1. The molecule has 0 aromatic rings. The molecule has 0 fully saturated rings. The first kappa shape index (κ1) is 10.1. The zero-order chi connectivity index (χ0) is 8.91. The van der Waals surface area contributed by atoms with E-state index in [1.165, 1.54) is 20.3 Å². The molecule has 0 aromatic heterocycles. The number of carbonyl (C=O) groups is 1. The summed E-state index contributed by atoms with van der Waals surface area (Å²) in [6, 6.07) is 0. The predicted molar refractivity (Wildman–Crippen MR) is 39.2 cm³/mol. The smallest absolute Gasteiger partial charge is 0.328 e. The van der Waals surface area contributed by atoms with Crippen LogP contribution in [0.15, 0.2) is 12.2 Å². The Balaban J connectivity index is 4.17. The van der Waals surface area contributed by atoms with Gasteiger partial charge in [-0.05, 0) is 13.0 Å². The Kier molecular flexibility index (Phi) is 3.78. The highest BCUT2D eigenvalue weighted by atomic mass is 16.7. The Labute approximate surface area is 65.4 Å². The zero-order valence-corrected chi connectivity index (χ0v) is 6.83. The molecule has 4 nitrogen and oxygen atoms in total. The van der Waals surface area contributed by atoms with Gasteiger partial charge in [0.05, 0.1) is 0 Å². The summed E-state index contributed by atoms with van der Waals surface area (Å²) in [6.45, 7) is 1.62. The summed E-state index contributed by atoms with van der Waals surface area (Å²) in [6.07, 6.45) is 2.31. The predicted octanol–water partition coefficient (Wildman–Crippen LogP) is 0.636. The quantitative estimate of drug-likeness (QED) is 0.484. The first-order valence-corrected chi connectivity index (χ1v) is 3.06. The number of ether oxygens (including phenoxy) is 2. The van der Waals surface area contributed by atoms with Gasteiger partial charge >= 0.3 is 5.97 Å². The molecule has 0 spiro atoms. The van der Waals surface area contributed by atoms with Crippen LogP contribution in [0.5, 0.6) is 0 Å². The minimum atomic E-state index is -1.02. The largest absolute Gasteiger partial charge is 0.478 e. The van der Waals surface area contributed by atoms with Crippen molar-refractivity contribution in [2.75, 3.05) is 14.2 Å². The lowest BCUT2D eigenvalue weighted by molar-refractivity contribution is -0.156. The van der Waals surface area contributed by atoms with Crippen LogP contribution in [0.3, 0.4) is 0 Å². The average molecular weight is 160 g/mol. The van der Waals surface area contributed by atoms with Crippen molar-refractivity contribution in [3.8, 4) is 0 Å². The van der Waals surface area contributed by atoms with Crippen LogP contribution in [0.4, 0.5) is 0 Å². The summed E-state index contributed by atoms with van der Waals surface area (Å²) >= 11 is 0. The van der Waals surface area contributed by atoms with Gasteiger partial charge in [0, 0.05) is 20.3 Å². The van der Waals surface area contributed by atoms with E-state index in [2.05, 4.69) is 0 Å². The van der Waals surface area contributed by atoms with Crippen molar-refractivity contribution in [2.45, 2.75) is 12.7 Å². The van der Waals surface area contributed by atoms with Gasteiger partial charge in [-0.15, -0.1) is 0 Å². The van der Waals surface area contributed by atoms with Gasteiger partial charge < -0.3 is 14.6 Å². The molecule has 0 saturated heterocycles. The molecule has 4 heteroatoms. The first-order chi connectivity index (χ1) is 5.04. The second-order valence-electron chi connectivity index (χ2n) is 2.10.